The van der Waals surface area contributed by atoms with Crippen LogP contribution in [0.5, 0.6) is 0 Å². The number of thiazole rings is 1. The third-order valence-corrected chi connectivity index (χ3v) is 5.02. The predicted molar refractivity (Wildman–Crippen MR) is 96.7 cm³/mol. The smallest absolute Gasteiger partial charge is 0.326 e. The summed E-state index contributed by atoms with van der Waals surface area (Å²) in [5.74, 6) is -1.15. The van der Waals surface area contributed by atoms with Crippen LogP contribution in [0.15, 0.2) is 29.6 Å². The number of hydrogen-bond acceptors (Lipinski definition) is 6. The molecule has 1 fully saturated rings. The monoisotopic (exact) mass is 393 g/mol. The van der Waals surface area contributed by atoms with Crippen molar-refractivity contribution in [3.05, 3.63) is 40.4 Å². The number of esters is 1. The van der Waals surface area contributed by atoms with Crippen molar-refractivity contribution in [2.45, 2.75) is 26.0 Å². The van der Waals surface area contributed by atoms with Crippen LogP contribution in [0.25, 0.3) is 10.6 Å². The quantitative estimate of drug-likeness (QED) is 0.623. The molecular weight excluding hydrogens is 378 g/mol. The van der Waals surface area contributed by atoms with Gasteiger partial charge in [-0.05, 0) is 19.9 Å². The maximum Gasteiger partial charge on any atom is 0.326 e. The van der Waals surface area contributed by atoms with Gasteiger partial charge in [0.1, 0.15) is 23.7 Å². The van der Waals surface area contributed by atoms with Crippen molar-refractivity contribution in [2.75, 3.05) is 6.54 Å². The van der Waals surface area contributed by atoms with Gasteiger partial charge in [-0.3, -0.25) is 14.5 Å². The first-order valence-corrected chi connectivity index (χ1v) is 9.03. The van der Waals surface area contributed by atoms with E-state index in [-0.39, 0.29) is 6.61 Å². The van der Waals surface area contributed by atoms with Gasteiger partial charge in [-0.1, -0.05) is 29.8 Å². The van der Waals surface area contributed by atoms with Gasteiger partial charge in [0, 0.05) is 10.9 Å². The molecule has 0 atom stereocenters. The number of carbonyl (C=O) groups is 3. The molecule has 0 unspecified atom stereocenters. The number of urea groups is 1. The lowest BCUT2D eigenvalue weighted by Gasteiger charge is -2.15. The Morgan fingerprint density at radius 2 is 2.08 bits per heavy atom. The first kappa shape index (κ1) is 18.3. The van der Waals surface area contributed by atoms with Gasteiger partial charge in [0.25, 0.3) is 5.91 Å². The highest BCUT2D eigenvalue weighted by Crippen LogP contribution is 2.30. The van der Waals surface area contributed by atoms with Gasteiger partial charge in [-0.25, -0.2) is 9.78 Å². The van der Waals surface area contributed by atoms with E-state index in [9.17, 15) is 14.4 Å². The molecule has 0 saturated carbocycles. The molecule has 9 heteroatoms. The summed E-state index contributed by atoms with van der Waals surface area (Å²) in [5, 5.41) is 5.58. The van der Waals surface area contributed by atoms with Gasteiger partial charge in [-0.15, -0.1) is 11.3 Å². The van der Waals surface area contributed by atoms with E-state index in [0.29, 0.717) is 10.7 Å². The largest absolute Gasteiger partial charge is 0.458 e. The van der Waals surface area contributed by atoms with Gasteiger partial charge in [0.2, 0.25) is 0 Å². The topological polar surface area (TPSA) is 88.6 Å². The Hall–Kier alpha value is -2.45. The number of ether oxygens (including phenoxy) is 1. The molecule has 7 nitrogen and oxygen atoms in total. The van der Waals surface area contributed by atoms with E-state index in [0.717, 1.165) is 15.5 Å². The maximum atomic E-state index is 12.1. The number of rotatable bonds is 5. The second-order valence-electron chi connectivity index (χ2n) is 6.23. The Balaban J connectivity index is 1.58. The van der Waals surface area contributed by atoms with Gasteiger partial charge in [0.05, 0.1) is 10.7 Å². The summed E-state index contributed by atoms with van der Waals surface area (Å²) < 4.78 is 5.13. The van der Waals surface area contributed by atoms with E-state index in [4.69, 9.17) is 16.3 Å². The molecule has 1 saturated heterocycles. The van der Waals surface area contributed by atoms with Crippen molar-refractivity contribution in [3.8, 4) is 10.6 Å². The van der Waals surface area contributed by atoms with Crippen LogP contribution < -0.4 is 5.32 Å². The summed E-state index contributed by atoms with van der Waals surface area (Å²) in [7, 11) is 0. The van der Waals surface area contributed by atoms with Crippen LogP contribution in [0, 0.1) is 0 Å². The Labute approximate surface area is 158 Å². The fourth-order valence-electron chi connectivity index (χ4n) is 2.42. The van der Waals surface area contributed by atoms with Crippen LogP contribution in [-0.4, -0.2) is 39.9 Å². The summed E-state index contributed by atoms with van der Waals surface area (Å²) in [4.78, 5) is 41.0. The minimum absolute atomic E-state index is 0.0488. The number of halogens is 1. The van der Waals surface area contributed by atoms with E-state index in [2.05, 4.69) is 10.3 Å². The molecule has 3 amide bonds. The van der Waals surface area contributed by atoms with Crippen molar-refractivity contribution < 1.29 is 19.1 Å². The van der Waals surface area contributed by atoms with Crippen LogP contribution in [0.4, 0.5) is 4.79 Å². The Morgan fingerprint density at radius 1 is 1.35 bits per heavy atom. The van der Waals surface area contributed by atoms with Crippen molar-refractivity contribution in [3.63, 3.8) is 0 Å². The zero-order valence-corrected chi connectivity index (χ0v) is 15.7. The molecule has 1 aromatic heterocycles. The number of amides is 3. The zero-order chi connectivity index (χ0) is 18.9. The molecule has 0 aliphatic carbocycles. The van der Waals surface area contributed by atoms with E-state index >= 15 is 0 Å². The summed E-state index contributed by atoms with van der Waals surface area (Å²) >= 11 is 7.53. The summed E-state index contributed by atoms with van der Waals surface area (Å²) in [6.45, 7) is 2.66. The Bertz CT molecular complexity index is 880. The first-order valence-electron chi connectivity index (χ1n) is 7.77. The fraction of sp³-hybridized carbons (Fsp3) is 0.294. The summed E-state index contributed by atoms with van der Waals surface area (Å²) in [6.07, 6.45) is 0. The molecular formula is C17H16ClN3O4S. The van der Waals surface area contributed by atoms with Crippen LogP contribution in [0.1, 0.15) is 19.5 Å². The van der Waals surface area contributed by atoms with E-state index in [1.54, 1.807) is 25.3 Å². The third-order valence-electron chi connectivity index (χ3n) is 3.77. The van der Waals surface area contributed by atoms with Crippen LogP contribution in [-0.2, 0) is 20.9 Å². The van der Waals surface area contributed by atoms with Crippen molar-refractivity contribution in [2.24, 2.45) is 0 Å². The summed E-state index contributed by atoms with van der Waals surface area (Å²) in [5.41, 5.74) is 0.352. The lowest BCUT2D eigenvalue weighted by Crippen LogP contribution is -2.41. The van der Waals surface area contributed by atoms with Crippen LogP contribution >= 0.6 is 22.9 Å². The van der Waals surface area contributed by atoms with Gasteiger partial charge >= 0.3 is 12.0 Å². The van der Waals surface area contributed by atoms with E-state index in [1.807, 2.05) is 18.2 Å². The number of hydrogen-bond donors (Lipinski definition) is 1. The normalized spacial score (nSPS) is 15.9. The number of nitrogens with zero attached hydrogens (tertiary/aromatic N) is 2. The first-order chi connectivity index (χ1) is 12.3. The lowest BCUT2D eigenvalue weighted by atomic mass is 10.1. The third kappa shape index (κ3) is 3.71. The number of imide groups is 1. The molecule has 1 aliphatic heterocycles. The highest BCUT2D eigenvalue weighted by atomic mass is 35.5. The highest BCUT2D eigenvalue weighted by molar-refractivity contribution is 7.13. The number of carbonyl (C=O) groups excluding carboxylic acids is 3. The minimum Gasteiger partial charge on any atom is -0.458 e. The molecule has 3 rings (SSSR count). The minimum atomic E-state index is -1.02. The molecule has 1 aliphatic rings. The van der Waals surface area contributed by atoms with E-state index < -0.39 is 30.0 Å². The van der Waals surface area contributed by atoms with Gasteiger partial charge in [-0.2, -0.15) is 0 Å². The molecule has 2 aromatic rings. The molecule has 0 bridgehead atoms. The Kier molecular flexibility index (Phi) is 4.97. The molecule has 136 valence electrons. The average Bonchev–Trinajstić information content (AvgIpc) is 3.12. The van der Waals surface area contributed by atoms with Gasteiger partial charge < -0.3 is 10.1 Å². The molecule has 0 radical (unpaired) electrons. The van der Waals surface area contributed by atoms with Crippen LogP contribution in [0.3, 0.4) is 0 Å². The second kappa shape index (κ2) is 7.05. The van der Waals surface area contributed by atoms with Crippen LogP contribution in [0.2, 0.25) is 5.02 Å². The SMILES string of the molecule is CC1(C)NC(=O)N(CC(=O)OCc2csc(-c3ccccc3Cl)n2)C1=O. The molecule has 0 spiro atoms. The van der Waals surface area contributed by atoms with E-state index in [1.165, 1.54) is 11.3 Å². The Morgan fingerprint density at radius 3 is 2.73 bits per heavy atom. The average molecular weight is 394 g/mol. The van der Waals surface area contributed by atoms with Gasteiger partial charge in [0.15, 0.2) is 0 Å². The number of nitrogens with one attached hydrogen (secondary N) is 1. The molecule has 1 N–H and O–H groups in total. The molecule has 26 heavy (non-hydrogen) atoms. The standard InChI is InChI=1S/C17H16ClN3O4S/c1-17(2)15(23)21(16(24)20-17)7-13(22)25-8-10-9-26-14(19-10)11-5-3-4-6-12(11)18/h3-6,9H,7-8H2,1-2H3,(H,20,24). The zero-order valence-electron chi connectivity index (χ0n) is 14.1. The lowest BCUT2D eigenvalue weighted by molar-refractivity contribution is -0.148. The fourth-order valence-corrected chi connectivity index (χ4v) is 3.55. The second-order valence-corrected chi connectivity index (χ2v) is 7.50. The van der Waals surface area contributed by atoms with Crippen molar-refractivity contribution in [1.82, 2.24) is 15.2 Å². The number of benzene rings is 1. The molecule has 2 heterocycles. The van der Waals surface area contributed by atoms with Crippen molar-refractivity contribution in [1.29, 1.82) is 0 Å². The molecule has 1 aromatic carbocycles. The maximum absolute atomic E-state index is 12.1. The number of aromatic nitrogens is 1. The van der Waals surface area contributed by atoms with Crippen molar-refractivity contribution >= 4 is 40.8 Å². The summed E-state index contributed by atoms with van der Waals surface area (Å²) in [6, 6.07) is 6.72. The predicted octanol–water partition coefficient (Wildman–Crippen LogP) is 2.84. The highest BCUT2D eigenvalue weighted by Gasteiger charge is 2.45.